The second kappa shape index (κ2) is 5.67. The summed E-state index contributed by atoms with van der Waals surface area (Å²) in [6, 6.07) is 0. The summed E-state index contributed by atoms with van der Waals surface area (Å²) >= 11 is 0. The van der Waals surface area contributed by atoms with E-state index in [1.54, 1.807) is 6.92 Å². The summed E-state index contributed by atoms with van der Waals surface area (Å²) in [7, 11) is 0. The van der Waals surface area contributed by atoms with Gasteiger partial charge >= 0.3 is 5.69 Å². The summed E-state index contributed by atoms with van der Waals surface area (Å²) < 4.78 is 2.52. The van der Waals surface area contributed by atoms with Gasteiger partial charge in [-0.15, -0.1) is 0 Å². The Morgan fingerprint density at radius 1 is 1.47 bits per heavy atom. The molecule has 0 spiro atoms. The Balaban J connectivity index is 3.27. The van der Waals surface area contributed by atoms with E-state index in [2.05, 4.69) is 0 Å². The number of nitrogens with two attached hydrogens (primary N) is 1. The van der Waals surface area contributed by atoms with E-state index in [1.807, 2.05) is 6.92 Å². The van der Waals surface area contributed by atoms with Gasteiger partial charge in [-0.05, 0) is 12.3 Å². The molecule has 0 aliphatic rings. The number of nitrogen functional groups attached to an aromatic ring is 1. The summed E-state index contributed by atoms with van der Waals surface area (Å²) in [4.78, 5) is 23.7. The van der Waals surface area contributed by atoms with E-state index in [-0.39, 0.29) is 30.4 Å². The zero-order valence-corrected chi connectivity index (χ0v) is 10.2. The monoisotopic (exact) mass is 241 g/mol. The van der Waals surface area contributed by atoms with Crippen LogP contribution in [-0.2, 0) is 13.1 Å². The zero-order chi connectivity index (χ0) is 13.0. The Hall–Kier alpha value is -1.56. The molecule has 1 rings (SSSR count). The first-order chi connectivity index (χ1) is 8.01. The van der Waals surface area contributed by atoms with Crippen molar-refractivity contribution in [3.8, 4) is 0 Å². The van der Waals surface area contributed by atoms with Crippen molar-refractivity contribution in [1.82, 2.24) is 9.13 Å². The maximum absolute atomic E-state index is 12.0. The number of aliphatic hydroxyl groups excluding tert-OH is 1. The van der Waals surface area contributed by atoms with Crippen molar-refractivity contribution >= 4 is 5.69 Å². The Labute approximate surface area is 99.3 Å². The van der Waals surface area contributed by atoms with Crippen LogP contribution in [0.1, 0.15) is 20.3 Å². The van der Waals surface area contributed by atoms with Gasteiger partial charge in [-0.3, -0.25) is 13.9 Å². The number of nitrogens with zero attached hydrogens (tertiary/aromatic N) is 2. The number of hydrogen-bond donors (Lipinski definition) is 2. The first-order valence-corrected chi connectivity index (χ1v) is 5.71. The van der Waals surface area contributed by atoms with Crippen LogP contribution in [-0.4, -0.2) is 20.8 Å². The van der Waals surface area contributed by atoms with Gasteiger partial charge in [-0.1, -0.05) is 13.8 Å². The Bertz CT molecular complexity index is 490. The Morgan fingerprint density at radius 3 is 2.65 bits per heavy atom. The van der Waals surface area contributed by atoms with Crippen molar-refractivity contribution in [2.24, 2.45) is 5.92 Å². The Morgan fingerprint density at radius 2 is 2.12 bits per heavy atom. The standard InChI is InChI=1S/C11H19N3O3/c1-3-4-13-6-9(12)10(16)14(11(13)17)5-8(2)7-15/h6,8,15H,3-5,7,12H2,1-2H3. The smallest absolute Gasteiger partial charge is 0.331 e. The van der Waals surface area contributed by atoms with E-state index in [0.717, 1.165) is 11.0 Å². The normalized spacial score (nSPS) is 12.6. The molecule has 1 aromatic rings. The van der Waals surface area contributed by atoms with Crippen molar-refractivity contribution < 1.29 is 5.11 Å². The number of aryl methyl sites for hydroxylation is 1. The lowest BCUT2D eigenvalue weighted by Gasteiger charge is -2.13. The van der Waals surface area contributed by atoms with Crippen molar-refractivity contribution in [2.75, 3.05) is 12.3 Å². The molecule has 3 N–H and O–H groups in total. The highest BCUT2D eigenvalue weighted by Crippen LogP contribution is 1.97. The van der Waals surface area contributed by atoms with E-state index >= 15 is 0 Å². The molecule has 1 atom stereocenters. The van der Waals surface area contributed by atoms with Crippen LogP contribution >= 0.6 is 0 Å². The van der Waals surface area contributed by atoms with Gasteiger partial charge in [0, 0.05) is 25.9 Å². The number of anilines is 1. The van der Waals surface area contributed by atoms with E-state index < -0.39 is 5.56 Å². The van der Waals surface area contributed by atoms with Crippen LogP contribution < -0.4 is 17.0 Å². The van der Waals surface area contributed by atoms with Crippen LogP contribution in [0.15, 0.2) is 15.8 Å². The fraction of sp³-hybridized carbons (Fsp3) is 0.636. The lowest BCUT2D eigenvalue weighted by atomic mass is 10.2. The highest BCUT2D eigenvalue weighted by atomic mass is 16.3. The van der Waals surface area contributed by atoms with Gasteiger partial charge in [-0.25, -0.2) is 4.79 Å². The minimum Gasteiger partial charge on any atom is -0.396 e. The van der Waals surface area contributed by atoms with Gasteiger partial charge in [0.25, 0.3) is 5.56 Å². The fourth-order valence-corrected chi connectivity index (χ4v) is 1.61. The maximum Gasteiger partial charge on any atom is 0.331 e. The van der Waals surface area contributed by atoms with Crippen LogP contribution in [0.4, 0.5) is 5.69 Å². The average molecular weight is 241 g/mol. The molecule has 0 fully saturated rings. The molecule has 0 aromatic carbocycles. The highest BCUT2D eigenvalue weighted by molar-refractivity contribution is 5.30. The number of aliphatic hydroxyl groups is 1. The molecule has 6 heteroatoms. The lowest BCUT2D eigenvalue weighted by molar-refractivity contribution is 0.219. The molecule has 96 valence electrons. The van der Waals surface area contributed by atoms with Gasteiger partial charge in [0.2, 0.25) is 0 Å². The van der Waals surface area contributed by atoms with E-state index in [0.29, 0.717) is 6.54 Å². The fourth-order valence-electron chi connectivity index (χ4n) is 1.61. The molecule has 0 saturated heterocycles. The van der Waals surface area contributed by atoms with Crippen LogP contribution in [0.2, 0.25) is 0 Å². The summed E-state index contributed by atoms with van der Waals surface area (Å²) in [6.07, 6.45) is 2.17. The molecule has 0 aliphatic carbocycles. The molecule has 0 bridgehead atoms. The van der Waals surface area contributed by atoms with Crippen molar-refractivity contribution in [1.29, 1.82) is 0 Å². The van der Waals surface area contributed by atoms with Gasteiger partial charge < -0.3 is 10.8 Å². The molecule has 1 aromatic heterocycles. The van der Waals surface area contributed by atoms with Crippen molar-refractivity contribution in [2.45, 2.75) is 33.4 Å². The molecular formula is C11H19N3O3. The zero-order valence-electron chi connectivity index (χ0n) is 10.2. The summed E-state index contributed by atoms with van der Waals surface area (Å²) in [5.74, 6) is -0.155. The second-order valence-corrected chi connectivity index (χ2v) is 4.26. The first kappa shape index (κ1) is 13.5. The minimum atomic E-state index is -0.484. The van der Waals surface area contributed by atoms with Gasteiger partial charge in [0.15, 0.2) is 0 Å². The van der Waals surface area contributed by atoms with Gasteiger partial charge in [0.1, 0.15) is 5.69 Å². The van der Waals surface area contributed by atoms with Crippen LogP contribution in [0.25, 0.3) is 0 Å². The molecule has 0 aliphatic heterocycles. The van der Waals surface area contributed by atoms with Crippen molar-refractivity contribution in [3.05, 3.63) is 27.0 Å². The number of hydrogen-bond acceptors (Lipinski definition) is 4. The molecule has 0 saturated carbocycles. The summed E-state index contributed by atoms with van der Waals surface area (Å²) in [5, 5.41) is 8.96. The average Bonchev–Trinajstić information content (AvgIpc) is 2.31. The topological polar surface area (TPSA) is 90.2 Å². The maximum atomic E-state index is 12.0. The minimum absolute atomic E-state index is 0.0585. The van der Waals surface area contributed by atoms with Gasteiger partial charge in [0.05, 0.1) is 0 Å². The van der Waals surface area contributed by atoms with Crippen LogP contribution in [0.3, 0.4) is 0 Å². The third-order valence-electron chi connectivity index (χ3n) is 2.53. The quantitative estimate of drug-likeness (QED) is 0.736. The highest BCUT2D eigenvalue weighted by Gasteiger charge is 2.11. The largest absolute Gasteiger partial charge is 0.396 e. The molecule has 0 amide bonds. The molecule has 17 heavy (non-hydrogen) atoms. The third-order valence-corrected chi connectivity index (χ3v) is 2.53. The molecular weight excluding hydrogens is 222 g/mol. The van der Waals surface area contributed by atoms with Crippen molar-refractivity contribution in [3.63, 3.8) is 0 Å². The number of aromatic nitrogens is 2. The number of rotatable bonds is 5. The van der Waals surface area contributed by atoms with Crippen LogP contribution in [0.5, 0.6) is 0 Å². The van der Waals surface area contributed by atoms with Gasteiger partial charge in [-0.2, -0.15) is 0 Å². The van der Waals surface area contributed by atoms with E-state index in [1.165, 1.54) is 10.8 Å². The molecule has 6 nitrogen and oxygen atoms in total. The first-order valence-electron chi connectivity index (χ1n) is 5.71. The lowest BCUT2D eigenvalue weighted by Crippen LogP contribution is -2.42. The molecule has 0 radical (unpaired) electrons. The third kappa shape index (κ3) is 2.97. The van der Waals surface area contributed by atoms with E-state index in [4.69, 9.17) is 10.8 Å². The molecule has 1 heterocycles. The predicted molar refractivity (Wildman–Crippen MR) is 65.9 cm³/mol. The molecule has 1 unspecified atom stereocenters. The van der Waals surface area contributed by atoms with E-state index in [9.17, 15) is 9.59 Å². The SMILES string of the molecule is CCCn1cc(N)c(=O)n(CC(C)CO)c1=O. The predicted octanol–water partition coefficient (Wildman–Crippen LogP) is -0.369. The van der Waals surface area contributed by atoms with Crippen LogP contribution in [0, 0.1) is 5.92 Å². The summed E-state index contributed by atoms with van der Waals surface area (Å²) in [6.45, 7) is 4.34. The second-order valence-electron chi connectivity index (χ2n) is 4.26. The summed E-state index contributed by atoms with van der Waals surface area (Å²) in [5.41, 5.74) is 4.79. The Kier molecular flexibility index (Phi) is 4.51.